The average Bonchev–Trinajstić information content (AvgIpc) is 3.52. The summed E-state index contributed by atoms with van der Waals surface area (Å²) in [5, 5.41) is 4.62. The number of unbranched alkanes of at least 4 members (excludes halogenated alkanes) is 1. The van der Waals surface area contributed by atoms with Crippen LogP contribution in [-0.4, -0.2) is 37.7 Å². The molecule has 198 valence electrons. The number of para-hydroxylation sites is 1. The molecule has 4 heterocycles. The molecule has 0 saturated heterocycles. The Morgan fingerprint density at radius 1 is 1.08 bits per heavy atom. The van der Waals surface area contributed by atoms with E-state index in [2.05, 4.69) is 26.8 Å². The minimum absolute atomic E-state index is 0.0221. The van der Waals surface area contributed by atoms with Crippen LogP contribution in [0.4, 0.5) is 10.3 Å². The summed E-state index contributed by atoms with van der Waals surface area (Å²) in [6.45, 7) is 3.37. The molecule has 3 aromatic heterocycles. The number of rotatable bonds is 9. The van der Waals surface area contributed by atoms with Crippen LogP contribution < -0.4 is 10.1 Å². The molecular formula is C30H28ClFN6O. The first-order valence-electron chi connectivity index (χ1n) is 13.2. The van der Waals surface area contributed by atoms with Crippen LogP contribution in [-0.2, 0) is 6.42 Å². The number of nitrogens with one attached hydrogen (secondary N) is 1. The van der Waals surface area contributed by atoms with E-state index in [9.17, 15) is 4.39 Å². The average molecular weight is 543 g/mol. The number of aryl methyl sites for hydroxylation is 1. The van der Waals surface area contributed by atoms with Gasteiger partial charge in [-0.1, -0.05) is 37.1 Å². The van der Waals surface area contributed by atoms with Gasteiger partial charge in [0.1, 0.15) is 29.2 Å². The molecule has 1 unspecified atom stereocenters. The van der Waals surface area contributed by atoms with Gasteiger partial charge in [-0.25, -0.2) is 24.3 Å². The van der Waals surface area contributed by atoms with Crippen molar-refractivity contribution in [1.82, 2.24) is 24.5 Å². The second-order valence-corrected chi connectivity index (χ2v) is 10.00. The number of hydrogen-bond donors (Lipinski definition) is 1. The van der Waals surface area contributed by atoms with Crippen molar-refractivity contribution >= 4 is 28.5 Å². The molecule has 1 atom stereocenters. The monoisotopic (exact) mass is 542 g/mol. The number of halogens is 2. The molecular weight excluding hydrogens is 515 g/mol. The Bertz CT molecular complexity index is 1620. The highest BCUT2D eigenvalue weighted by Gasteiger charge is 2.31. The molecule has 1 N–H and O–H groups in total. The lowest BCUT2D eigenvalue weighted by atomic mass is 10.1. The SMILES string of the molecule is CCCCNc1nccc(-c2c(-c3ccc(F)cc3)nc3n2C(COc2cc(Cl)nc4ccccc24)CC3)n1. The summed E-state index contributed by atoms with van der Waals surface area (Å²) < 4.78 is 22.4. The van der Waals surface area contributed by atoms with Crippen LogP contribution in [0.3, 0.4) is 0 Å². The molecule has 0 radical (unpaired) electrons. The second-order valence-electron chi connectivity index (χ2n) is 9.61. The summed E-state index contributed by atoms with van der Waals surface area (Å²) in [7, 11) is 0. The van der Waals surface area contributed by atoms with Crippen LogP contribution in [0, 0.1) is 5.82 Å². The molecule has 0 amide bonds. The minimum Gasteiger partial charge on any atom is -0.491 e. The van der Waals surface area contributed by atoms with Gasteiger partial charge in [0.05, 0.1) is 28.6 Å². The molecule has 1 aliphatic heterocycles. The molecule has 7 nitrogen and oxygen atoms in total. The van der Waals surface area contributed by atoms with Crippen molar-refractivity contribution in [1.29, 1.82) is 0 Å². The summed E-state index contributed by atoms with van der Waals surface area (Å²) in [4.78, 5) is 18.7. The van der Waals surface area contributed by atoms with Gasteiger partial charge < -0.3 is 14.6 Å². The number of aromatic nitrogens is 5. The van der Waals surface area contributed by atoms with Crippen molar-refractivity contribution in [2.24, 2.45) is 0 Å². The van der Waals surface area contributed by atoms with Crippen LogP contribution in [0.5, 0.6) is 5.75 Å². The fraction of sp³-hybridized carbons (Fsp3) is 0.267. The zero-order valence-corrected chi connectivity index (χ0v) is 22.3. The Kier molecular flexibility index (Phi) is 7.11. The molecule has 0 spiro atoms. The molecule has 0 fully saturated rings. The van der Waals surface area contributed by atoms with Crippen LogP contribution in [0.15, 0.2) is 66.9 Å². The lowest BCUT2D eigenvalue weighted by molar-refractivity contribution is 0.258. The Morgan fingerprint density at radius 2 is 1.92 bits per heavy atom. The van der Waals surface area contributed by atoms with Crippen molar-refractivity contribution in [3.05, 3.63) is 83.7 Å². The molecule has 9 heteroatoms. The number of anilines is 1. The lowest BCUT2D eigenvalue weighted by Crippen LogP contribution is -2.15. The summed E-state index contributed by atoms with van der Waals surface area (Å²) in [6.07, 6.45) is 5.55. The van der Waals surface area contributed by atoms with E-state index in [0.29, 0.717) is 23.5 Å². The molecule has 1 aliphatic rings. The van der Waals surface area contributed by atoms with Crippen molar-refractivity contribution in [2.45, 2.75) is 38.6 Å². The van der Waals surface area contributed by atoms with Gasteiger partial charge >= 0.3 is 0 Å². The zero-order valence-electron chi connectivity index (χ0n) is 21.6. The van der Waals surface area contributed by atoms with E-state index in [1.54, 1.807) is 24.4 Å². The van der Waals surface area contributed by atoms with Gasteiger partial charge in [-0.05, 0) is 55.3 Å². The van der Waals surface area contributed by atoms with Gasteiger partial charge in [0.25, 0.3) is 0 Å². The third-order valence-electron chi connectivity index (χ3n) is 6.96. The smallest absolute Gasteiger partial charge is 0.223 e. The number of imidazole rings is 1. The van der Waals surface area contributed by atoms with Crippen molar-refractivity contribution < 1.29 is 9.13 Å². The third kappa shape index (κ3) is 5.16. The normalized spacial score (nSPS) is 14.5. The maximum Gasteiger partial charge on any atom is 0.223 e. The molecule has 2 aromatic carbocycles. The van der Waals surface area contributed by atoms with Crippen LogP contribution in [0.25, 0.3) is 33.5 Å². The molecule has 6 rings (SSSR count). The van der Waals surface area contributed by atoms with E-state index < -0.39 is 0 Å². The zero-order chi connectivity index (χ0) is 26.8. The second kappa shape index (κ2) is 11.0. The molecule has 39 heavy (non-hydrogen) atoms. The summed E-state index contributed by atoms with van der Waals surface area (Å²) in [6, 6.07) is 17.9. The first kappa shape index (κ1) is 25.2. The molecule has 0 saturated carbocycles. The van der Waals surface area contributed by atoms with Crippen LogP contribution in [0.2, 0.25) is 5.15 Å². The summed E-state index contributed by atoms with van der Waals surface area (Å²) in [5.41, 5.74) is 4.02. The topological polar surface area (TPSA) is 77.8 Å². The summed E-state index contributed by atoms with van der Waals surface area (Å²) in [5.74, 6) is 1.94. The van der Waals surface area contributed by atoms with Gasteiger partial charge in [-0.2, -0.15) is 0 Å². The fourth-order valence-electron chi connectivity index (χ4n) is 5.06. The maximum absolute atomic E-state index is 13.8. The van der Waals surface area contributed by atoms with E-state index in [4.69, 9.17) is 26.3 Å². The number of fused-ring (bicyclic) bond motifs is 2. The van der Waals surface area contributed by atoms with E-state index in [-0.39, 0.29) is 11.9 Å². The Balaban J connectivity index is 1.38. The standard InChI is InChI=1S/C30H28ClFN6O/c1-2-3-15-33-30-34-16-14-24(36-30)29-28(19-8-10-20(32)11-9-19)37-27-13-12-21(38(27)29)18-39-25-17-26(31)35-23-7-5-4-6-22(23)25/h4-11,14,16-17,21H,2-3,12-13,15,18H2,1H3,(H,33,34,36). The highest BCUT2D eigenvalue weighted by Crippen LogP contribution is 2.40. The van der Waals surface area contributed by atoms with E-state index in [1.165, 1.54) is 12.1 Å². The van der Waals surface area contributed by atoms with Gasteiger partial charge in [-0.3, -0.25) is 0 Å². The van der Waals surface area contributed by atoms with Gasteiger partial charge in [0, 0.05) is 36.2 Å². The minimum atomic E-state index is -0.286. The third-order valence-corrected chi connectivity index (χ3v) is 7.15. The van der Waals surface area contributed by atoms with Crippen molar-refractivity contribution in [3.63, 3.8) is 0 Å². The summed E-state index contributed by atoms with van der Waals surface area (Å²) >= 11 is 6.29. The van der Waals surface area contributed by atoms with E-state index >= 15 is 0 Å². The number of nitrogens with zero attached hydrogens (tertiary/aromatic N) is 5. The van der Waals surface area contributed by atoms with E-state index in [0.717, 1.165) is 71.6 Å². The molecule has 0 aliphatic carbocycles. The molecule has 0 bridgehead atoms. The Morgan fingerprint density at radius 3 is 2.77 bits per heavy atom. The van der Waals surface area contributed by atoms with Gasteiger partial charge in [0.15, 0.2) is 0 Å². The number of hydrogen-bond acceptors (Lipinski definition) is 6. The lowest BCUT2D eigenvalue weighted by Gasteiger charge is -2.19. The van der Waals surface area contributed by atoms with Crippen LogP contribution in [0.1, 0.15) is 38.1 Å². The Labute approximate surface area is 231 Å². The quantitative estimate of drug-likeness (QED) is 0.158. The number of ether oxygens (including phenoxy) is 1. The molecule has 5 aromatic rings. The predicted octanol–water partition coefficient (Wildman–Crippen LogP) is 7.13. The maximum atomic E-state index is 13.8. The van der Waals surface area contributed by atoms with Crippen molar-refractivity contribution in [2.75, 3.05) is 18.5 Å². The van der Waals surface area contributed by atoms with Crippen LogP contribution >= 0.6 is 11.6 Å². The van der Waals surface area contributed by atoms with Gasteiger partial charge in [-0.15, -0.1) is 0 Å². The first-order chi connectivity index (χ1) is 19.1. The number of pyridine rings is 1. The van der Waals surface area contributed by atoms with Gasteiger partial charge in [0.2, 0.25) is 5.95 Å². The largest absolute Gasteiger partial charge is 0.491 e. The fourth-order valence-corrected chi connectivity index (χ4v) is 5.25. The van der Waals surface area contributed by atoms with Crippen molar-refractivity contribution in [3.8, 4) is 28.4 Å². The Hall–Kier alpha value is -4.04. The number of benzene rings is 2. The first-order valence-corrected chi connectivity index (χ1v) is 13.6. The van der Waals surface area contributed by atoms with E-state index in [1.807, 2.05) is 30.3 Å². The predicted molar refractivity (Wildman–Crippen MR) is 152 cm³/mol. The highest BCUT2D eigenvalue weighted by molar-refractivity contribution is 6.30. The highest BCUT2D eigenvalue weighted by atomic mass is 35.5.